The van der Waals surface area contributed by atoms with E-state index in [4.69, 9.17) is 28.4 Å². The minimum Gasteiger partial charge on any atom is -0.450 e. The molecule has 5 aliphatic rings. The van der Waals surface area contributed by atoms with Gasteiger partial charge in [-0.15, -0.1) is 0 Å². The van der Waals surface area contributed by atoms with E-state index in [1.54, 1.807) is 0 Å². The predicted octanol–water partition coefficient (Wildman–Crippen LogP) is 5.70. The summed E-state index contributed by atoms with van der Waals surface area (Å²) >= 11 is 0. The van der Waals surface area contributed by atoms with Crippen LogP contribution in [0.15, 0.2) is 24.3 Å². The Kier molecular flexibility index (Phi) is 24.2. The van der Waals surface area contributed by atoms with E-state index in [1.165, 1.54) is 0 Å². The highest BCUT2D eigenvalue weighted by atomic mass is 32.2. The molecule has 0 spiro atoms. The van der Waals surface area contributed by atoms with Crippen molar-refractivity contribution in [2.45, 2.75) is 164 Å². The summed E-state index contributed by atoms with van der Waals surface area (Å²) in [5, 5.41) is 16.5. The average molecular weight is 1300 g/mol. The van der Waals surface area contributed by atoms with Gasteiger partial charge in [-0.2, -0.15) is 21.6 Å². The summed E-state index contributed by atoms with van der Waals surface area (Å²) in [6.45, 7) is 16.0. The number of ether oxygens (including phenoxy) is 6. The SMILES string of the molecule is CC1(C)CC(NC(=O)OCCN2C(=O)C=CC2=O)CC(C)(CNC(=O)OCCCCOC(=O)NC2CC(C)(C)CC(C)(CNC(=O)OCC(C)(COC(=O)NC3CC(C)(C)CC(C)(CNC(=O)OCCN4C(=O)C=CC4=O)C3)C(=O)NS(=O)(=O)C(F)(F)F)C2)C1. The fourth-order valence-corrected chi connectivity index (χ4v) is 14.1. The van der Waals surface area contributed by atoms with Gasteiger partial charge in [0, 0.05) is 62.1 Å². The molecule has 32 heteroatoms. The first-order valence-electron chi connectivity index (χ1n) is 29.7. The molecule has 5 rings (SSSR count). The smallest absolute Gasteiger partial charge is 0.450 e. The summed E-state index contributed by atoms with van der Waals surface area (Å²) in [6.07, 6.45) is 4.59. The van der Waals surface area contributed by atoms with Crippen LogP contribution in [0.4, 0.5) is 41.9 Å². The van der Waals surface area contributed by atoms with Crippen LogP contribution >= 0.6 is 0 Å². The largest absolute Gasteiger partial charge is 0.516 e. The lowest BCUT2D eigenvalue weighted by atomic mass is 9.62. The van der Waals surface area contributed by atoms with Crippen LogP contribution < -0.4 is 36.6 Å². The van der Waals surface area contributed by atoms with E-state index in [9.17, 15) is 74.3 Å². The number of rotatable bonds is 26. The van der Waals surface area contributed by atoms with Gasteiger partial charge in [0.2, 0.25) is 5.91 Å². The molecule has 7 atom stereocenters. The third-order valence-electron chi connectivity index (χ3n) is 16.3. The summed E-state index contributed by atoms with van der Waals surface area (Å²) in [6, 6.07) is -1.34. The molecule has 3 fully saturated rings. The van der Waals surface area contributed by atoms with Gasteiger partial charge in [0.15, 0.2) is 0 Å². The number of nitrogens with one attached hydrogen (secondary N) is 7. The zero-order valence-electron chi connectivity index (χ0n) is 52.8. The minimum atomic E-state index is -6.28. The second kappa shape index (κ2) is 29.7. The molecule has 0 bridgehead atoms. The number of nitrogens with zero attached hydrogens (tertiary/aromatic N) is 2. The first-order valence-corrected chi connectivity index (χ1v) is 31.2. The zero-order valence-corrected chi connectivity index (χ0v) is 53.6. The number of alkyl halides is 3. The van der Waals surface area contributed by atoms with E-state index < -0.39 is 134 Å². The molecule has 7 unspecified atom stereocenters. The fraction of sp³-hybridized carbons (Fsp3) is 0.741. The van der Waals surface area contributed by atoms with Gasteiger partial charge in [0.25, 0.3) is 23.6 Å². The quantitative estimate of drug-likeness (QED) is 0.0310. The van der Waals surface area contributed by atoms with E-state index in [2.05, 4.69) is 45.7 Å². The van der Waals surface area contributed by atoms with Crippen LogP contribution in [0.5, 0.6) is 0 Å². The second-order valence-electron chi connectivity index (χ2n) is 27.9. The molecule has 506 valence electrons. The topological polar surface area (TPSA) is 368 Å². The Balaban J connectivity index is 1.03. The number of unbranched alkanes of at least 4 members (excludes halogenated alkanes) is 1. The van der Waals surface area contributed by atoms with Gasteiger partial charge in [-0.1, -0.05) is 62.3 Å². The number of carbonyl (C=O) groups excluding carboxylic acids is 11. The van der Waals surface area contributed by atoms with Crippen molar-refractivity contribution >= 4 is 76.1 Å². The molecular weight excluding hydrogens is 1220 g/mol. The van der Waals surface area contributed by atoms with Crippen LogP contribution in [0.3, 0.4) is 0 Å². The van der Waals surface area contributed by atoms with Crippen molar-refractivity contribution in [3.8, 4) is 0 Å². The molecule has 90 heavy (non-hydrogen) atoms. The number of imide groups is 2. The van der Waals surface area contributed by atoms with Crippen LogP contribution in [0.1, 0.15) is 140 Å². The number of hydrogen-bond donors (Lipinski definition) is 7. The van der Waals surface area contributed by atoms with Gasteiger partial charge in [0.05, 0.1) is 26.3 Å². The average Bonchev–Trinajstić information content (AvgIpc) is 1.17. The van der Waals surface area contributed by atoms with Crippen molar-refractivity contribution in [2.75, 3.05) is 72.4 Å². The number of sulfonamides is 1. The van der Waals surface area contributed by atoms with Crippen LogP contribution in [-0.4, -0.2) is 180 Å². The summed E-state index contributed by atoms with van der Waals surface area (Å²) in [5.41, 5.74) is -11.1. The lowest BCUT2D eigenvalue weighted by molar-refractivity contribution is -0.138. The summed E-state index contributed by atoms with van der Waals surface area (Å²) < 4.78 is 97.3. The molecule has 0 aromatic rings. The third kappa shape index (κ3) is 22.8. The maximum atomic E-state index is 13.5. The highest BCUT2D eigenvalue weighted by Gasteiger charge is 2.51. The van der Waals surface area contributed by atoms with E-state index in [1.807, 2.05) is 48.5 Å². The molecule has 2 aliphatic heterocycles. The summed E-state index contributed by atoms with van der Waals surface area (Å²) in [7, 11) is -6.28. The Labute approximate surface area is 521 Å². The standard InChI is InChI=1S/C58H88F3N9O19S/c1-51(2)23-37(65-48(79)85-20-12-11-19-84-45(76)62-32-54(7)27-38(24-52(3,4)29-54)66-49(80)87-22-18-70-42(73)15-16-43(70)74)26-56(9,31-51)34-64-47(78)88-35-57(10,44(75)68-90(82,83)58(59,60)61)36-89-50(81)67-39-25-53(5,6)30-55(8,28-39)33-63-46(77)86-21-17-69-40(71)13-14-41(69)72/h13-16,37-39H,11-12,17-36H2,1-10H3,(H,62,76)(H,63,77)(H,64,78)(H,65,79)(H,66,80)(H,67,81)(H,68,75). The number of amides is 11. The van der Waals surface area contributed by atoms with Gasteiger partial charge in [-0.25, -0.2) is 33.5 Å². The van der Waals surface area contributed by atoms with Crippen LogP contribution in [-0.2, 0) is 62.4 Å². The highest BCUT2D eigenvalue weighted by molar-refractivity contribution is 7.90. The van der Waals surface area contributed by atoms with Gasteiger partial charge in [0.1, 0.15) is 31.8 Å². The Bertz CT molecular complexity index is 2850. The number of halogens is 3. The Morgan fingerprint density at radius 3 is 1.11 bits per heavy atom. The fourth-order valence-electron chi connectivity index (χ4n) is 13.5. The minimum absolute atomic E-state index is 0.00259. The zero-order chi connectivity index (χ0) is 67.3. The van der Waals surface area contributed by atoms with Gasteiger partial charge in [-0.3, -0.25) is 33.8 Å². The lowest BCUT2D eigenvalue weighted by Gasteiger charge is -2.46. The Morgan fingerprint density at radius 2 is 0.767 bits per heavy atom. The highest BCUT2D eigenvalue weighted by Crippen LogP contribution is 2.48. The van der Waals surface area contributed by atoms with Crippen molar-refractivity contribution < 1.29 is 103 Å². The Hall–Kier alpha value is -7.41. The summed E-state index contributed by atoms with van der Waals surface area (Å²) in [4.78, 5) is 140. The van der Waals surface area contributed by atoms with Crippen LogP contribution in [0.25, 0.3) is 0 Å². The maximum Gasteiger partial charge on any atom is 0.516 e. The van der Waals surface area contributed by atoms with E-state index in [0.717, 1.165) is 52.2 Å². The van der Waals surface area contributed by atoms with E-state index in [0.29, 0.717) is 57.8 Å². The van der Waals surface area contributed by atoms with Gasteiger partial charge < -0.3 is 60.3 Å². The summed E-state index contributed by atoms with van der Waals surface area (Å²) in [5.74, 6) is -3.83. The number of hydrogen-bond acceptors (Lipinski definition) is 19. The first-order chi connectivity index (χ1) is 41.5. The number of carbonyl (C=O) groups is 11. The van der Waals surface area contributed by atoms with Crippen molar-refractivity contribution in [1.82, 2.24) is 46.4 Å². The lowest BCUT2D eigenvalue weighted by Crippen LogP contribution is -2.53. The molecule has 7 N–H and O–H groups in total. The Morgan fingerprint density at radius 1 is 0.478 bits per heavy atom. The molecular formula is C58H88F3N9O19S. The molecule has 2 heterocycles. The van der Waals surface area contributed by atoms with Crippen LogP contribution in [0, 0.1) is 37.9 Å². The second-order valence-corrected chi connectivity index (χ2v) is 29.6. The maximum absolute atomic E-state index is 13.5. The first kappa shape index (κ1) is 73.3. The van der Waals surface area contributed by atoms with E-state index in [-0.39, 0.29) is 82.4 Å². The molecule has 3 saturated carbocycles. The molecule has 0 aromatic heterocycles. The van der Waals surface area contributed by atoms with Gasteiger partial charge >= 0.3 is 52.1 Å². The molecule has 3 aliphatic carbocycles. The van der Waals surface area contributed by atoms with Crippen molar-refractivity contribution in [3.63, 3.8) is 0 Å². The van der Waals surface area contributed by atoms with Gasteiger partial charge in [-0.05, 0) is 110 Å². The molecule has 0 saturated heterocycles. The molecule has 0 radical (unpaired) electrons. The van der Waals surface area contributed by atoms with E-state index >= 15 is 0 Å². The van der Waals surface area contributed by atoms with Crippen molar-refractivity contribution in [2.24, 2.45) is 37.9 Å². The predicted molar refractivity (Wildman–Crippen MR) is 312 cm³/mol. The number of alkyl carbamates (subject to hydrolysis) is 6. The van der Waals surface area contributed by atoms with Crippen molar-refractivity contribution in [1.29, 1.82) is 0 Å². The third-order valence-corrected chi connectivity index (χ3v) is 17.4. The molecule has 11 amide bonds. The molecule has 28 nitrogen and oxygen atoms in total. The van der Waals surface area contributed by atoms with Crippen molar-refractivity contribution in [3.05, 3.63) is 24.3 Å². The normalized spacial score (nSPS) is 25.9. The monoisotopic (exact) mass is 1300 g/mol. The van der Waals surface area contributed by atoms with Crippen LogP contribution in [0.2, 0.25) is 0 Å². The molecule has 0 aromatic carbocycles.